The Labute approximate surface area is 143 Å². The van der Waals surface area contributed by atoms with Crippen molar-refractivity contribution in [3.63, 3.8) is 0 Å². The molecule has 2 rings (SSSR count). The highest BCUT2D eigenvalue weighted by Gasteiger charge is 2.28. The van der Waals surface area contributed by atoms with Gasteiger partial charge in [0.2, 0.25) is 0 Å². The number of rotatable bonds is 2. The van der Waals surface area contributed by atoms with Crippen LogP contribution < -0.4 is 0 Å². The van der Waals surface area contributed by atoms with E-state index in [0.717, 1.165) is 6.61 Å². The SMILES string of the molecule is C/C=C/C(C)=O.C=C(C)C(C)=O.CC1CC(=O)OC1=O.CC1CO1. The van der Waals surface area contributed by atoms with Gasteiger partial charge in [-0.1, -0.05) is 19.6 Å². The summed E-state index contributed by atoms with van der Waals surface area (Å²) in [4.78, 5) is 40.6. The number of epoxide rings is 1. The summed E-state index contributed by atoms with van der Waals surface area (Å²) in [5, 5.41) is 0. The number of allylic oxidation sites excluding steroid dienone is 3. The number of carbonyl (C=O) groups excluding carboxylic acids is 4. The van der Waals surface area contributed by atoms with Crippen LogP contribution in [0.5, 0.6) is 0 Å². The van der Waals surface area contributed by atoms with Crippen LogP contribution in [0.15, 0.2) is 24.3 Å². The molecule has 0 N–H and O–H groups in total. The number of Topliss-reactive ketones (excluding diaryl/α,β-unsaturated/α-hetero) is 1. The van der Waals surface area contributed by atoms with Gasteiger partial charge >= 0.3 is 11.9 Å². The predicted molar refractivity (Wildman–Crippen MR) is 91.3 cm³/mol. The van der Waals surface area contributed by atoms with Gasteiger partial charge in [-0.15, -0.1) is 0 Å². The van der Waals surface area contributed by atoms with Crippen molar-refractivity contribution in [2.24, 2.45) is 5.92 Å². The van der Waals surface area contributed by atoms with Gasteiger partial charge in [-0.05, 0) is 46.3 Å². The molecule has 6 nitrogen and oxygen atoms in total. The standard InChI is InChI=1S/C5H6O3.2C5H8O.C3H6O/c1-3-2-4(6)8-5(3)7;1-4(2)5(3)6;1-3-4-5(2)6;1-3-2-4-3/h3H,2H2,1H3;1H2,2-3H3;3-4H,1-2H3;3H,2H2,1H3/b;;4-3+;. The van der Waals surface area contributed by atoms with Crippen LogP contribution in [-0.4, -0.2) is 36.2 Å². The molecule has 2 aliphatic rings. The van der Waals surface area contributed by atoms with E-state index in [0.29, 0.717) is 11.7 Å². The Balaban J connectivity index is 0. The first-order valence-corrected chi connectivity index (χ1v) is 7.67. The molecule has 0 amide bonds. The van der Waals surface area contributed by atoms with E-state index in [9.17, 15) is 19.2 Å². The Morgan fingerprint density at radius 3 is 1.62 bits per heavy atom. The van der Waals surface area contributed by atoms with E-state index in [1.807, 2.05) is 6.92 Å². The smallest absolute Gasteiger partial charge is 0.316 e. The lowest BCUT2D eigenvalue weighted by atomic mass is 10.1. The summed E-state index contributed by atoms with van der Waals surface area (Å²) in [7, 11) is 0. The van der Waals surface area contributed by atoms with E-state index in [1.54, 1.807) is 19.9 Å². The lowest BCUT2D eigenvalue weighted by Crippen LogP contribution is -2.01. The van der Waals surface area contributed by atoms with Crippen LogP contribution in [-0.2, 0) is 28.7 Å². The summed E-state index contributed by atoms with van der Waals surface area (Å²) >= 11 is 0. The average Bonchev–Trinajstić information content (AvgIpc) is 3.16. The monoisotopic (exact) mass is 340 g/mol. The molecule has 0 saturated carbocycles. The van der Waals surface area contributed by atoms with Gasteiger partial charge in [0.25, 0.3) is 0 Å². The van der Waals surface area contributed by atoms with Crippen molar-refractivity contribution in [1.29, 1.82) is 0 Å². The lowest BCUT2D eigenvalue weighted by molar-refractivity contribution is -0.153. The molecule has 0 aromatic carbocycles. The zero-order chi connectivity index (χ0) is 19.3. The molecule has 0 radical (unpaired) electrons. The van der Waals surface area contributed by atoms with Gasteiger partial charge in [-0.25, -0.2) is 0 Å². The zero-order valence-electron chi connectivity index (χ0n) is 15.4. The van der Waals surface area contributed by atoms with Gasteiger partial charge in [0, 0.05) is 0 Å². The van der Waals surface area contributed by atoms with Crippen molar-refractivity contribution in [2.75, 3.05) is 6.61 Å². The second-order valence-corrected chi connectivity index (χ2v) is 5.49. The molecule has 0 spiro atoms. The first-order valence-electron chi connectivity index (χ1n) is 7.67. The summed E-state index contributed by atoms with van der Waals surface area (Å²) in [5.74, 6) is -0.840. The fourth-order valence-corrected chi connectivity index (χ4v) is 0.919. The van der Waals surface area contributed by atoms with Gasteiger partial charge in [0.1, 0.15) is 0 Å². The third kappa shape index (κ3) is 18.0. The molecular weight excluding hydrogens is 312 g/mol. The molecule has 136 valence electrons. The molecule has 0 bridgehead atoms. The molecule has 0 aromatic heterocycles. The van der Waals surface area contributed by atoms with Gasteiger partial charge in [0.15, 0.2) is 11.6 Å². The fraction of sp³-hybridized carbons (Fsp3) is 0.556. The number of ether oxygens (including phenoxy) is 2. The van der Waals surface area contributed by atoms with Gasteiger partial charge < -0.3 is 9.47 Å². The van der Waals surface area contributed by atoms with Gasteiger partial charge in [0.05, 0.1) is 25.0 Å². The first kappa shape index (κ1) is 24.2. The minimum Gasteiger partial charge on any atom is -0.393 e. The normalized spacial score (nSPS) is 20.4. The van der Waals surface area contributed by atoms with Gasteiger partial charge in [-0.3, -0.25) is 19.2 Å². The molecule has 2 atom stereocenters. The van der Waals surface area contributed by atoms with Crippen LogP contribution in [0.2, 0.25) is 0 Å². The van der Waals surface area contributed by atoms with Crippen LogP contribution in [0.1, 0.15) is 48.0 Å². The first-order chi connectivity index (χ1) is 11.0. The number of cyclic esters (lactones) is 2. The molecule has 2 aliphatic heterocycles. The summed E-state index contributed by atoms with van der Waals surface area (Å²) in [6.45, 7) is 14.7. The summed E-state index contributed by atoms with van der Waals surface area (Å²) in [6.07, 6.45) is 4.08. The highest BCUT2D eigenvalue weighted by molar-refractivity contribution is 5.94. The Morgan fingerprint density at radius 2 is 1.58 bits per heavy atom. The van der Waals surface area contributed by atoms with Crippen LogP contribution in [0.4, 0.5) is 0 Å². The number of carbonyl (C=O) groups is 4. The predicted octanol–water partition coefficient (Wildman–Crippen LogP) is 2.80. The molecule has 2 heterocycles. The fourth-order valence-electron chi connectivity index (χ4n) is 0.919. The van der Waals surface area contributed by atoms with E-state index in [2.05, 4.69) is 18.2 Å². The highest BCUT2D eigenvalue weighted by atomic mass is 16.6. The Hall–Kier alpha value is -2.08. The molecule has 6 heteroatoms. The zero-order valence-corrected chi connectivity index (χ0v) is 15.4. The largest absolute Gasteiger partial charge is 0.393 e. The minimum atomic E-state index is -0.400. The van der Waals surface area contributed by atoms with Crippen molar-refractivity contribution in [1.82, 2.24) is 0 Å². The maximum atomic E-state index is 10.3. The van der Waals surface area contributed by atoms with Crippen LogP contribution in [0.25, 0.3) is 0 Å². The van der Waals surface area contributed by atoms with E-state index in [1.165, 1.54) is 19.9 Å². The quantitative estimate of drug-likeness (QED) is 0.332. The molecule has 24 heavy (non-hydrogen) atoms. The second kappa shape index (κ2) is 13.4. The minimum absolute atomic E-state index is 0.0648. The summed E-state index contributed by atoms with van der Waals surface area (Å²) in [6, 6.07) is 0. The number of esters is 2. The average molecular weight is 340 g/mol. The molecule has 0 aromatic rings. The number of hydrogen-bond acceptors (Lipinski definition) is 6. The second-order valence-electron chi connectivity index (χ2n) is 5.49. The van der Waals surface area contributed by atoms with Crippen molar-refractivity contribution < 1.29 is 28.7 Å². The van der Waals surface area contributed by atoms with Crippen LogP contribution in [0.3, 0.4) is 0 Å². The Morgan fingerprint density at radius 1 is 1.17 bits per heavy atom. The lowest BCUT2D eigenvalue weighted by Gasteiger charge is -1.86. The van der Waals surface area contributed by atoms with E-state index in [4.69, 9.17) is 4.74 Å². The molecular formula is C18H28O6. The maximum absolute atomic E-state index is 10.3. The molecule has 2 fully saturated rings. The Kier molecular flexibility index (Phi) is 13.5. The van der Waals surface area contributed by atoms with Gasteiger partial charge in [-0.2, -0.15) is 0 Å². The van der Waals surface area contributed by atoms with Crippen molar-refractivity contribution in [3.8, 4) is 0 Å². The van der Waals surface area contributed by atoms with Crippen molar-refractivity contribution >= 4 is 23.5 Å². The topological polar surface area (TPSA) is 90.0 Å². The van der Waals surface area contributed by atoms with E-state index < -0.39 is 11.9 Å². The third-order valence-corrected chi connectivity index (χ3v) is 2.59. The number of ketones is 2. The van der Waals surface area contributed by atoms with Crippen LogP contribution in [0, 0.1) is 5.92 Å². The molecule has 2 unspecified atom stereocenters. The van der Waals surface area contributed by atoms with Crippen molar-refractivity contribution in [2.45, 2.75) is 54.1 Å². The van der Waals surface area contributed by atoms with Crippen molar-refractivity contribution in [3.05, 3.63) is 24.3 Å². The van der Waals surface area contributed by atoms with E-state index in [-0.39, 0.29) is 23.9 Å². The number of hydrogen-bond donors (Lipinski definition) is 0. The van der Waals surface area contributed by atoms with Crippen LogP contribution >= 0.6 is 0 Å². The Bertz CT molecular complexity index is 474. The maximum Gasteiger partial charge on any atom is 0.316 e. The molecule has 0 aliphatic carbocycles. The summed E-state index contributed by atoms with van der Waals surface area (Å²) in [5.41, 5.74) is 0.620. The van der Waals surface area contributed by atoms with E-state index >= 15 is 0 Å². The highest BCUT2D eigenvalue weighted by Crippen LogP contribution is 2.13. The summed E-state index contributed by atoms with van der Waals surface area (Å²) < 4.78 is 8.90. The third-order valence-electron chi connectivity index (χ3n) is 2.59. The molecule has 2 saturated heterocycles.